The maximum absolute atomic E-state index is 15.0. The normalized spacial score (nSPS) is 18.8. The molecule has 1 aromatic heterocycles. The van der Waals surface area contributed by atoms with E-state index in [1.54, 1.807) is 24.3 Å². The van der Waals surface area contributed by atoms with Gasteiger partial charge in [-0.05, 0) is 46.3 Å². The SMILES string of the molecule is O=C1O[C@@H](Cn2cnnn2)CN1c1ccc(-c2ccc(N3CCNCC3)c(F)c2)c(F)c1. The van der Waals surface area contributed by atoms with Crippen LogP contribution in [-0.2, 0) is 11.3 Å². The Hall–Kier alpha value is -3.60. The Labute approximate surface area is 182 Å². The van der Waals surface area contributed by atoms with Gasteiger partial charge >= 0.3 is 6.09 Å². The maximum atomic E-state index is 15.0. The Morgan fingerprint density at radius 2 is 1.94 bits per heavy atom. The third-order valence-corrected chi connectivity index (χ3v) is 5.64. The van der Waals surface area contributed by atoms with Gasteiger partial charge in [-0.25, -0.2) is 18.3 Å². The average Bonchev–Trinajstić information content (AvgIpc) is 3.44. The van der Waals surface area contributed by atoms with Gasteiger partial charge in [0.25, 0.3) is 0 Å². The third kappa shape index (κ3) is 3.98. The summed E-state index contributed by atoms with van der Waals surface area (Å²) in [5.41, 5.74) is 1.58. The number of tetrazole rings is 1. The summed E-state index contributed by atoms with van der Waals surface area (Å²) in [7, 11) is 0. The van der Waals surface area contributed by atoms with Gasteiger partial charge in [0.2, 0.25) is 0 Å². The zero-order valence-corrected chi connectivity index (χ0v) is 17.1. The second-order valence-corrected chi connectivity index (χ2v) is 7.72. The van der Waals surface area contributed by atoms with Crippen molar-refractivity contribution in [3.8, 4) is 11.1 Å². The molecule has 3 heterocycles. The molecular formula is C21H21F2N7O2. The van der Waals surface area contributed by atoms with Gasteiger partial charge in [-0.15, -0.1) is 5.10 Å². The van der Waals surface area contributed by atoms with Crippen LogP contribution in [0.2, 0.25) is 0 Å². The van der Waals surface area contributed by atoms with Gasteiger partial charge < -0.3 is 15.0 Å². The summed E-state index contributed by atoms with van der Waals surface area (Å²) < 4.78 is 36.5. The molecular weight excluding hydrogens is 420 g/mol. The van der Waals surface area contributed by atoms with Crippen LogP contribution in [0, 0.1) is 11.6 Å². The number of anilines is 2. The van der Waals surface area contributed by atoms with E-state index in [1.165, 1.54) is 28.0 Å². The molecule has 2 aromatic carbocycles. The molecule has 1 atom stereocenters. The van der Waals surface area contributed by atoms with Crippen molar-refractivity contribution in [3.63, 3.8) is 0 Å². The van der Waals surface area contributed by atoms with Gasteiger partial charge in [0, 0.05) is 31.7 Å². The highest BCUT2D eigenvalue weighted by atomic mass is 19.1. The number of nitrogens with one attached hydrogen (secondary N) is 1. The number of ether oxygens (including phenoxy) is 1. The number of carbonyl (C=O) groups is 1. The van der Waals surface area contributed by atoms with E-state index < -0.39 is 18.0 Å². The summed E-state index contributed by atoms with van der Waals surface area (Å²) in [4.78, 5) is 15.6. The number of halogens is 2. The van der Waals surface area contributed by atoms with E-state index in [1.807, 2.05) is 4.90 Å². The van der Waals surface area contributed by atoms with E-state index in [4.69, 9.17) is 4.74 Å². The Kier molecular flexibility index (Phi) is 5.39. The number of carbonyl (C=O) groups excluding carboxylic acids is 1. The monoisotopic (exact) mass is 441 g/mol. The lowest BCUT2D eigenvalue weighted by Gasteiger charge is -2.29. The molecule has 5 rings (SSSR count). The Bertz CT molecular complexity index is 1120. The topological polar surface area (TPSA) is 88.4 Å². The van der Waals surface area contributed by atoms with Crippen LogP contribution in [0.3, 0.4) is 0 Å². The molecule has 3 aromatic rings. The number of rotatable bonds is 5. The first-order valence-corrected chi connectivity index (χ1v) is 10.3. The second-order valence-electron chi connectivity index (χ2n) is 7.72. The van der Waals surface area contributed by atoms with Crippen LogP contribution in [0.1, 0.15) is 0 Å². The van der Waals surface area contributed by atoms with E-state index in [9.17, 15) is 13.6 Å². The molecule has 32 heavy (non-hydrogen) atoms. The molecule has 166 valence electrons. The first-order chi connectivity index (χ1) is 15.6. The summed E-state index contributed by atoms with van der Waals surface area (Å²) in [5, 5.41) is 14.1. The minimum Gasteiger partial charge on any atom is -0.442 e. The van der Waals surface area contributed by atoms with E-state index in [0.717, 1.165) is 26.2 Å². The van der Waals surface area contributed by atoms with Crippen molar-refractivity contribution in [3.05, 3.63) is 54.4 Å². The third-order valence-electron chi connectivity index (χ3n) is 5.64. The highest BCUT2D eigenvalue weighted by Gasteiger charge is 2.33. The minimum absolute atomic E-state index is 0.242. The maximum Gasteiger partial charge on any atom is 0.414 e. The lowest BCUT2D eigenvalue weighted by Crippen LogP contribution is -2.43. The highest BCUT2D eigenvalue weighted by Crippen LogP contribution is 2.32. The Morgan fingerprint density at radius 1 is 1.09 bits per heavy atom. The van der Waals surface area contributed by atoms with E-state index in [-0.39, 0.29) is 17.9 Å². The number of piperazine rings is 1. The summed E-state index contributed by atoms with van der Waals surface area (Å²) in [5.74, 6) is -0.935. The Morgan fingerprint density at radius 3 is 2.66 bits per heavy atom. The van der Waals surface area contributed by atoms with Gasteiger partial charge in [-0.1, -0.05) is 6.07 Å². The first-order valence-electron chi connectivity index (χ1n) is 10.3. The van der Waals surface area contributed by atoms with E-state index in [0.29, 0.717) is 23.5 Å². The standard InChI is InChI=1S/C21H21F2N7O2/c22-18-10-15(30-12-16(32-21(30)31)11-29-13-25-26-27-29)2-3-17(18)14-1-4-20(19(23)9-14)28-7-5-24-6-8-28/h1-4,9-10,13,16,24H,5-8,11-12H2/t16-/m0/s1. The lowest BCUT2D eigenvalue weighted by atomic mass is 10.0. The van der Waals surface area contributed by atoms with Crippen molar-refractivity contribution in [2.75, 3.05) is 42.5 Å². The highest BCUT2D eigenvalue weighted by molar-refractivity contribution is 5.90. The number of hydrogen-bond donors (Lipinski definition) is 1. The lowest BCUT2D eigenvalue weighted by molar-refractivity contribution is 0.129. The van der Waals surface area contributed by atoms with Crippen LogP contribution in [-0.4, -0.2) is 65.1 Å². The quantitative estimate of drug-likeness (QED) is 0.648. The molecule has 2 fully saturated rings. The molecule has 0 aliphatic carbocycles. The van der Waals surface area contributed by atoms with Gasteiger partial charge in [-0.3, -0.25) is 4.90 Å². The number of cyclic esters (lactones) is 1. The van der Waals surface area contributed by atoms with Crippen molar-refractivity contribution in [2.45, 2.75) is 12.6 Å². The van der Waals surface area contributed by atoms with Crippen LogP contribution >= 0.6 is 0 Å². The molecule has 0 radical (unpaired) electrons. The van der Waals surface area contributed by atoms with Gasteiger partial charge in [0.1, 0.15) is 24.1 Å². The van der Waals surface area contributed by atoms with E-state index in [2.05, 4.69) is 20.8 Å². The molecule has 0 saturated carbocycles. The second kappa shape index (κ2) is 8.50. The molecule has 0 spiro atoms. The summed E-state index contributed by atoms with van der Waals surface area (Å²) in [6, 6.07) is 9.18. The van der Waals surface area contributed by atoms with Crippen molar-refractivity contribution < 1.29 is 18.3 Å². The Balaban J connectivity index is 1.33. The molecule has 11 heteroatoms. The molecule has 2 saturated heterocycles. The molecule has 0 unspecified atom stereocenters. The van der Waals surface area contributed by atoms with Crippen molar-refractivity contribution in [2.24, 2.45) is 0 Å². The fourth-order valence-electron chi connectivity index (χ4n) is 4.04. The van der Waals surface area contributed by atoms with Gasteiger partial charge in [0.05, 0.1) is 24.5 Å². The predicted molar refractivity (Wildman–Crippen MR) is 112 cm³/mol. The van der Waals surface area contributed by atoms with Crippen molar-refractivity contribution >= 4 is 17.5 Å². The minimum atomic E-state index is -0.568. The summed E-state index contributed by atoms with van der Waals surface area (Å²) >= 11 is 0. The van der Waals surface area contributed by atoms with Crippen LogP contribution in [0.4, 0.5) is 25.0 Å². The van der Waals surface area contributed by atoms with Crippen LogP contribution < -0.4 is 15.1 Å². The molecule has 0 bridgehead atoms. The van der Waals surface area contributed by atoms with Crippen LogP contribution in [0.25, 0.3) is 11.1 Å². The smallest absolute Gasteiger partial charge is 0.414 e. The molecule has 2 aliphatic heterocycles. The van der Waals surface area contributed by atoms with Gasteiger partial charge in [-0.2, -0.15) is 0 Å². The number of amides is 1. The van der Waals surface area contributed by atoms with Crippen molar-refractivity contribution in [1.82, 2.24) is 25.5 Å². The molecule has 1 amide bonds. The zero-order chi connectivity index (χ0) is 22.1. The summed E-state index contributed by atoms with van der Waals surface area (Å²) in [6.07, 6.45) is 0.402. The van der Waals surface area contributed by atoms with Gasteiger partial charge in [0.15, 0.2) is 0 Å². The van der Waals surface area contributed by atoms with Crippen LogP contribution in [0.15, 0.2) is 42.7 Å². The fraction of sp³-hybridized carbons (Fsp3) is 0.333. The molecule has 2 aliphatic rings. The number of benzene rings is 2. The first kappa shape index (κ1) is 20.3. The number of nitrogens with zero attached hydrogens (tertiary/aromatic N) is 6. The zero-order valence-electron chi connectivity index (χ0n) is 17.1. The van der Waals surface area contributed by atoms with E-state index >= 15 is 0 Å². The fourth-order valence-corrected chi connectivity index (χ4v) is 4.04. The number of aromatic nitrogens is 4. The molecule has 9 nitrogen and oxygen atoms in total. The summed E-state index contributed by atoms with van der Waals surface area (Å²) in [6.45, 7) is 3.58. The van der Waals surface area contributed by atoms with Crippen molar-refractivity contribution in [1.29, 1.82) is 0 Å². The largest absolute Gasteiger partial charge is 0.442 e. The van der Waals surface area contributed by atoms with Crippen LogP contribution in [0.5, 0.6) is 0 Å². The predicted octanol–water partition coefficient (Wildman–Crippen LogP) is 2.05. The average molecular weight is 441 g/mol. The molecule has 1 N–H and O–H groups in total. The number of hydrogen-bond acceptors (Lipinski definition) is 7.